The lowest BCUT2D eigenvalue weighted by Crippen LogP contribution is -2.42. The van der Waals surface area contributed by atoms with E-state index in [0.29, 0.717) is 6.42 Å². The van der Waals surface area contributed by atoms with Gasteiger partial charge in [-0.25, -0.2) is 0 Å². The van der Waals surface area contributed by atoms with E-state index >= 15 is 0 Å². The average molecular weight is 332 g/mol. The van der Waals surface area contributed by atoms with Gasteiger partial charge < -0.3 is 20.1 Å². The highest BCUT2D eigenvalue weighted by molar-refractivity contribution is 5.95. The van der Waals surface area contributed by atoms with Crippen molar-refractivity contribution in [2.45, 2.75) is 38.6 Å². The van der Waals surface area contributed by atoms with Crippen molar-refractivity contribution in [3.05, 3.63) is 29.8 Å². The summed E-state index contributed by atoms with van der Waals surface area (Å²) < 4.78 is 5.42. The lowest BCUT2D eigenvalue weighted by Gasteiger charge is -2.36. The number of ether oxygens (including phenoxy) is 1. The quantitative estimate of drug-likeness (QED) is 0.839. The smallest absolute Gasteiger partial charge is 0.227 e. The molecule has 2 N–H and O–H groups in total. The van der Waals surface area contributed by atoms with Gasteiger partial charge in [-0.3, -0.25) is 4.79 Å². The van der Waals surface area contributed by atoms with E-state index in [1.807, 2.05) is 17.0 Å². The van der Waals surface area contributed by atoms with Crippen LogP contribution in [-0.2, 0) is 9.53 Å². The summed E-state index contributed by atoms with van der Waals surface area (Å²) >= 11 is 0. The third kappa shape index (κ3) is 3.79. The molecule has 3 rings (SSSR count). The molecule has 132 valence electrons. The van der Waals surface area contributed by atoms with Crippen LogP contribution in [0, 0.1) is 5.41 Å². The van der Waals surface area contributed by atoms with Crippen molar-refractivity contribution in [3.8, 4) is 0 Å². The summed E-state index contributed by atoms with van der Waals surface area (Å²) in [5.74, 6) is 0.221. The maximum atomic E-state index is 11.8. The number of rotatable bonds is 6. The van der Waals surface area contributed by atoms with Gasteiger partial charge >= 0.3 is 0 Å². The predicted molar refractivity (Wildman–Crippen MR) is 94.0 cm³/mol. The molecule has 1 amide bonds. The van der Waals surface area contributed by atoms with Gasteiger partial charge in [0.25, 0.3) is 0 Å². The molecular formula is C19H28N2O3. The summed E-state index contributed by atoms with van der Waals surface area (Å²) in [6.07, 6.45) is 3.41. The fourth-order valence-electron chi connectivity index (χ4n) is 3.55. The van der Waals surface area contributed by atoms with Crippen LogP contribution in [0.25, 0.3) is 0 Å². The maximum Gasteiger partial charge on any atom is 0.227 e. The van der Waals surface area contributed by atoms with Gasteiger partial charge in [0.1, 0.15) is 0 Å². The largest absolute Gasteiger partial charge is 0.396 e. The first-order valence-corrected chi connectivity index (χ1v) is 8.96. The van der Waals surface area contributed by atoms with E-state index in [-0.39, 0.29) is 24.0 Å². The van der Waals surface area contributed by atoms with Crippen molar-refractivity contribution >= 4 is 11.6 Å². The number of nitrogens with zero attached hydrogens (tertiary/aromatic N) is 1. The Bertz CT molecular complexity index is 552. The van der Waals surface area contributed by atoms with Gasteiger partial charge in [0, 0.05) is 49.9 Å². The molecule has 24 heavy (non-hydrogen) atoms. The number of nitrogens with one attached hydrogen (secondary N) is 1. The molecule has 2 saturated heterocycles. The Morgan fingerprint density at radius 3 is 2.58 bits per heavy atom. The summed E-state index contributed by atoms with van der Waals surface area (Å²) in [6.45, 7) is 5.42. The first-order chi connectivity index (χ1) is 11.6. The zero-order chi connectivity index (χ0) is 17.0. The van der Waals surface area contributed by atoms with Crippen molar-refractivity contribution in [2.24, 2.45) is 5.41 Å². The minimum absolute atomic E-state index is 0.0611. The molecule has 1 atom stereocenters. The molecule has 0 aliphatic carbocycles. The molecule has 2 aliphatic heterocycles. The second kappa shape index (κ2) is 7.64. The van der Waals surface area contributed by atoms with Crippen LogP contribution < -0.4 is 10.2 Å². The Labute approximate surface area is 144 Å². The first-order valence-electron chi connectivity index (χ1n) is 8.96. The summed E-state index contributed by atoms with van der Waals surface area (Å²) in [6, 6.07) is 8.46. The van der Waals surface area contributed by atoms with Crippen molar-refractivity contribution in [1.29, 1.82) is 0 Å². The molecule has 1 unspecified atom stereocenters. The standard InChI is InChI=1S/C19H28N2O3/c1-15(20-13-19(14-22)8-11-24-12-9-19)16-4-6-17(7-5-16)21-10-2-3-18(21)23/h4-7,15,20,22H,2-3,8-14H2,1H3. The lowest BCUT2D eigenvalue weighted by molar-refractivity contribution is -0.117. The number of hydrogen-bond donors (Lipinski definition) is 2. The van der Waals surface area contributed by atoms with Crippen molar-refractivity contribution in [2.75, 3.05) is 37.8 Å². The molecule has 0 saturated carbocycles. The van der Waals surface area contributed by atoms with E-state index < -0.39 is 0 Å². The molecule has 2 fully saturated rings. The molecule has 0 bridgehead atoms. The minimum atomic E-state index is -0.0611. The molecule has 0 aromatic heterocycles. The summed E-state index contributed by atoms with van der Waals surface area (Å²) in [5.41, 5.74) is 2.13. The van der Waals surface area contributed by atoms with Crippen LogP contribution >= 0.6 is 0 Å². The second-order valence-corrected chi connectivity index (χ2v) is 7.11. The number of anilines is 1. The first kappa shape index (κ1) is 17.4. The van der Waals surface area contributed by atoms with E-state index in [9.17, 15) is 9.90 Å². The van der Waals surface area contributed by atoms with Crippen LogP contribution in [-0.4, -0.2) is 43.9 Å². The molecule has 1 aromatic rings. The molecule has 0 radical (unpaired) electrons. The predicted octanol–water partition coefficient (Wildman–Crippen LogP) is 2.25. The number of carbonyl (C=O) groups excluding carboxylic acids is 1. The average Bonchev–Trinajstić information content (AvgIpc) is 3.06. The van der Waals surface area contributed by atoms with E-state index in [2.05, 4.69) is 24.4 Å². The van der Waals surface area contributed by atoms with E-state index in [1.165, 1.54) is 5.56 Å². The number of aliphatic hydroxyl groups is 1. The van der Waals surface area contributed by atoms with Gasteiger partial charge in [0.05, 0.1) is 6.61 Å². The third-order valence-electron chi connectivity index (χ3n) is 5.45. The van der Waals surface area contributed by atoms with Crippen molar-refractivity contribution < 1.29 is 14.6 Å². The van der Waals surface area contributed by atoms with E-state index in [1.54, 1.807) is 0 Å². The zero-order valence-corrected chi connectivity index (χ0v) is 14.5. The Morgan fingerprint density at radius 2 is 2.00 bits per heavy atom. The number of aliphatic hydroxyl groups excluding tert-OH is 1. The van der Waals surface area contributed by atoms with E-state index in [0.717, 1.165) is 51.3 Å². The second-order valence-electron chi connectivity index (χ2n) is 7.11. The topological polar surface area (TPSA) is 61.8 Å². The molecule has 5 nitrogen and oxygen atoms in total. The minimum Gasteiger partial charge on any atom is -0.396 e. The van der Waals surface area contributed by atoms with Gasteiger partial charge in [0.15, 0.2) is 0 Å². The Hall–Kier alpha value is -1.43. The normalized spacial score (nSPS) is 21.9. The van der Waals surface area contributed by atoms with Gasteiger partial charge in [-0.05, 0) is 43.9 Å². The fraction of sp³-hybridized carbons (Fsp3) is 0.632. The summed E-state index contributed by atoms with van der Waals surface area (Å²) in [5, 5.41) is 13.3. The molecular weight excluding hydrogens is 304 g/mol. The molecule has 5 heteroatoms. The maximum absolute atomic E-state index is 11.8. The van der Waals surface area contributed by atoms with Crippen LogP contribution in [0.2, 0.25) is 0 Å². The monoisotopic (exact) mass is 332 g/mol. The SMILES string of the molecule is CC(NCC1(CO)CCOCC1)c1ccc(N2CCCC2=O)cc1. The Morgan fingerprint density at radius 1 is 1.29 bits per heavy atom. The van der Waals surface area contributed by atoms with Crippen LogP contribution in [0.3, 0.4) is 0 Å². The van der Waals surface area contributed by atoms with Crippen molar-refractivity contribution in [1.82, 2.24) is 5.32 Å². The van der Waals surface area contributed by atoms with Crippen LogP contribution in [0.15, 0.2) is 24.3 Å². The van der Waals surface area contributed by atoms with Gasteiger partial charge in [-0.15, -0.1) is 0 Å². The molecule has 1 aromatic carbocycles. The highest BCUT2D eigenvalue weighted by Crippen LogP contribution is 2.30. The molecule has 2 heterocycles. The van der Waals surface area contributed by atoms with Crippen LogP contribution in [0.1, 0.15) is 44.2 Å². The molecule has 2 aliphatic rings. The zero-order valence-electron chi connectivity index (χ0n) is 14.5. The van der Waals surface area contributed by atoms with Gasteiger partial charge in [-0.2, -0.15) is 0 Å². The van der Waals surface area contributed by atoms with Gasteiger partial charge in [0.2, 0.25) is 5.91 Å². The third-order valence-corrected chi connectivity index (χ3v) is 5.45. The van der Waals surface area contributed by atoms with Gasteiger partial charge in [-0.1, -0.05) is 12.1 Å². The van der Waals surface area contributed by atoms with E-state index in [4.69, 9.17) is 4.74 Å². The summed E-state index contributed by atoms with van der Waals surface area (Å²) in [4.78, 5) is 13.7. The number of benzene rings is 1. The number of hydrogen-bond acceptors (Lipinski definition) is 4. The lowest BCUT2D eigenvalue weighted by atomic mass is 9.80. The Kier molecular flexibility index (Phi) is 5.54. The number of amides is 1. The number of carbonyl (C=O) groups is 1. The Balaban J connectivity index is 1.58. The highest BCUT2D eigenvalue weighted by atomic mass is 16.5. The fourth-order valence-corrected chi connectivity index (χ4v) is 3.55. The van der Waals surface area contributed by atoms with Crippen LogP contribution in [0.4, 0.5) is 5.69 Å². The van der Waals surface area contributed by atoms with Crippen molar-refractivity contribution in [3.63, 3.8) is 0 Å². The molecule has 0 spiro atoms. The van der Waals surface area contributed by atoms with Crippen LogP contribution in [0.5, 0.6) is 0 Å². The highest BCUT2D eigenvalue weighted by Gasteiger charge is 2.32. The summed E-state index contributed by atoms with van der Waals surface area (Å²) in [7, 11) is 0.